The predicted molar refractivity (Wildman–Crippen MR) is 91.6 cm³/mol. The molecule has 1 aromatic rings. The minimum atomic E-state index is -0.567. The zero-order chi connectivity index (χ0) is 18.3. The minimum absolute atomic E-state index is 0.239. The maximum atomic E-state index is 12.2. The fourth-order valence-electron chi connectivity index (χ4n) is 1.76. The van der Waals surface area contributed by atoms with E-state index < -0.39 is 11.7 Å². The van der Waals surface area contributed by atoms with Gasteiger partial charge in [-0.2, -0.15) is 5.26 Å². The van der Waals surface area contributed by atoms with Crippen molar-refractivity contribution in [3.63, 3.8) is 0 Å². The van der Waals surface area contributed by atoms with Gasteiger partial charge in [-0.1, -0.05) is 6.07 Å². The van der Waals surface area contributed by atoms with Gasteiger partial charge in [0.1, 0.15) is 5.60 Å². The van der Waals surface area contributed by atoms with Gasteiger partial charge in [0.2, 0.25) is 0 Å². The van der Waals surface area contributed by atoms with Crippen molar-refractivity contribution in [2.45, 2.75) is 39.3 Å². The summed E-state index contributed by atoms with van der Waals surface area (Å²) in [6.45, 7) is 7.42. The molecule has 7 nitrogen and oxygen atoms in total. The quantitative estimate of drug-likeness (QED) is 0.886. The van der Waals surface area contributed by atoms with E-state index >= 15 is 0 Å². The number of amides is 3. The Morgan fingerprint density at radius 2 is 2.04 bits per heavy atom. The van der Waals surface area contributed by atoms with E-state index in [1.807, 2.05) is 13.0 Å². The Bertz CT molecular complexity index is 631. The number of carbonyl (C=O) groups is 2. The first-order valence-corrected chi connectivity index (χ1v) is 7.63. The highest BCUT2D eigenvalue weighted by Gasteiger charge is 2.19. The van der Waals surface area contributed by atoms with Crippen LogP contribution in [0.5, 0.6) is 0 Å². The Morgan fingerprint density at radius 3 is 2.62 bits per heavy atom. The van der Waals surface area contributed by atoms with Gasteiger partial charge in [-0.25, -0.2) is 9.59 Å². The fourth-order valence-corrected chi connectivity index (χ4v) is 1.76. The third-order valence-corrected chi connectivity index (χ3v) is 3.17. The predicted octanol–water partition coefficient (Wildman–Crippen LogP) is 2.94. The van der Waals surface area contributed by atoms with Crippen LogP contribution in [0, 0.1) is 11.3 Å². The molecule has 0 spiro atoms. The summed E-state index contributed by atoms with van der Waals surface area (Å²) in [6, 6.07) is 8.10. The average Bonchev–Trinajstić information content (AvgIpc) is 2.50. The maximum absolute atomic E-state index is 12.2. The molecule has 7 heteroatoms. The Labute approximate surface area is 142 Å². The lowest BCUT2D eigenvalue weighted by molar-refractivity contribution is 0.0516. The first-order valence-electron chi connectivity index (χ1n) is 7.63. The first-order chi connectivity index (χ1) is 11.1. The van der Waals surface area contributed by atoms with Crippen LogP contribution in [0.2, 0.25) is 0 Å². The molecule has 0 heterocycles. The zero-order valence-electron chi connectivity index (χ0n) is 14.7. The molecule has 3 amide bonds. The second-order valence-corrected chi connectivity index (χ2v) is 6.47. The second kappa shape index (κ2) is 8.20. The van der Waals surface area contributed by atoms with E-state index in [2.05, 4.69) is 10.6 Å². The minimum Gasteiger partial charge on any atom is -0.444 e. The molecule has 0 fully saturated rings. The lowest BCUT2D eigenvalue weighted by atomic mass is 10.2. The molecule has 2 N–H and O–H groups in total. The Kier molecular flexibility index (Phi) is 6.59. The molecule has 0 aliphatic heterocycles. The van der Waals surface area contributed by atoms with Crippen LogP contribution in [-0.2, 0) is 4.74 Å². The van der Waals surface area contributed by atoms with E-state index in [-0.39, 0.29) is 18.6 Å². The first kappa shape index (κ1) is 19.3. The number of hydrogen-bond acceptors (Lipinski definition) is 4. The van der Waals surface area contributed by atoms with Gasteiger partial charge in [-0.3, -0.25) is 0 Å². The van der Waals surface area contributed by atoms with Crippen molar-refractivity contribution in [1.82, 2.24) is 10.2 Å². The molecule has 130 valence electrons. The normalized spacial score (nSPS) is 11.8. The topological polar surface area (TPSA) is 94.5 Å². The van der Waals surface area contributed by atoms with Gasteiger partial charge < -0.3 is 20.3 Å². The standard InChI is InChI=1S/C17H24N4O3/c1-12(11-19-16(23)24-17(2,3)4)21(5)15(22)20-14-8-6-7-13(9-14)10-18/h6-9,12H,11H2,1-5H3,(H,19,23)(H,20,22)/t12-/m1/s1. The largest absolute Gasteiger partial charge is 0.444 e. The van der Waals surface area contributed by atoms with Crippen molar-refractivity contribution in [2.24, 2.45) is 0 Å². The highest BCUT2D eigenvalue weighted by atomic mass is 16.6. The third-order valence-electron chi connectivity index (χ3n) is 3.17. The number of likely N-dealkylation sites (N-methyl/N-ethyl adjacent to an activating group) is 1. The van der Waals surface area contributed by atoms with E-state index in [1.54, 1.807) is 52.1 Å². The van der Waals surface area contributed by atoms with Crippen molar-refractivity contribution in [3.8, 4) is 6.07 Å². The van der Waals surface area contributed by atoms with E-state index in [0.717, 1.165) is 0 Å². The van der Waals surface area contributed by atoms with E-state index in [0.29, 0.717) is 11.3 Å². The number of carbonyl (C=O) groups excluding carboxylic acids is 2. The van der Waals surface area contributed by atoms with Crippen LogP contribution >= 0.6 is 0 Å². The van der Waals surface area contributed by atoms with Crippen LogP contribution in [0.1, 0.15) is 33.3 Å². The van der Waals surface area contributed by atoms with Crippen LogP contribution in [-0.4, -0.2) is 42.3 Å². The Morgan fingerprint density at radius 1 is 1.38 bits per heavy atom. The van der Waals surface area contributed by atoms with Gasteiger partial charge >= 0.3 is 12.1 Å². The van der Waals surface area contributed by atoms with Gasteiger partial charge in [-0.05, 0) is 45.9 Å². The molecule has 0 unspecified atom stereocenters. The Balaban J connectivity index is 2.52. The zero-order valence-corrected chi connectivity index (χ0v) is 14.7. The molecule has 0 bridgehead atoms. The van der Waals surface area contributed by atoms with Crippen LogP contribution in [0.25, 0.3) is 0 Å². The van der Waals surface area contributed by atoms with Crippen LogP contribution in [0.4, 0.5) is 15.3 Å². The summed E-state index contributed by atoms with van der Waals surface area (Å²) in [5, 5.41) is 14.2. The SMILES string of the molecule is C[C@H](CNC(=O)OC(C)(C)C)N(C)C(=O)Nc1cccc(C#N)c1. The van der Waals surface area contributed by atoms with Crippen molar-refractivity contribution in [2.75, 3.05) is 18.9 Å². The highest BCUT2D eigenvalue weighted by molar-refractivity contribution is 5.89. The number of rotatable bonds is 4. The number of benzene rings is 1. The molecular formula is C17H24N4O3. The van der Waals surface area contributed by atoms with E-state index in [9.17, 15) is 9.59 Å². The molecule has 0 aromatic heterocycles. The number of nitriles is 1. The summed E-state index contributed by atoms with van der Waals surface area (Å²) in [7, 11) is 1.63. The molecule has 24 heavy (non-hydrogen) atoms. The van der Waals surface area contributed by atoms with Crippen molar-refractivity contribution >= 4 is 17.8 Å². The van der Waals surface area contributed by atoms with Crippen LogP contribution in [0.15, 0.2) is 24.3 Å². The van der Waals surface area contributed by atoms with Crippen LogP contribution in [0.3, 0.4) is 0 Å². The molecule has 1 aromatic carbocycles. The summed E-state index contributed by atoms with van der Waals surface area (Å²) in [5.41, 5.74) is 0.441. The van der Waals surface area contributed by atoms with Gasteiger partial charge in [0.25, 0.3) is 0 Å². The van der Waals surface area contributed by atoms with Crippen molar-refractivity contribution in [1.29, 1.82) is 5.26 Å². The molecule has 0 aliphatic rings. The highest BCUT2D eigenvalue weighted by Crippen LogP contribution is 2.11. The number of ether oxygens (including phenoxy) is 1. The number of anilines is 1. The maximum Gasteiger partial charge on any atom is 0.407 e. The summed E-state index contributed by atoms with van der Waals surface area (Å²) in [4.78, 5) is 25.3. The molecule has 0 saturated heterocycles. The molecule has 1 rings (SSSR count). The number of nitrogens with one attached hydrogen (secondary N) is 2. The monoisotopic (exact) mass is 332 g/mol. The van der Waals surface area contributed by atoms with E-state index in [1.165, 1.54) is 4.90 Å². The molecule has 0 aliphatic carbocycles. The Hall–Kier alpha value is -2.75. The van der Waals surface area contributed by atoms with Crippen LogP contribution < -0.4 is 10.6 Å². The second-order valence-electron chi connectivity index (χ2n) is 6.47. The smallest absolute Gasteiger partial charge is 0.407 e. The molecule has 0 saturated carbocycles. The van der Waals surface area contributed by atoms with E-state index in [4.69, 9.17) is 10.00 Å². The molecule has 0 radical (unpaired) electrons. The lowest BCUT2D eigenvalue weighted by Gasteiger charge is -2.26. The number of nitrogens with zero attached hydrogens (tertiary/aromatic N) is 2. The number of urea groups is 1. The summed E-state index contributed by atoms with van der Waals surface area (Å²) >= 11 is 0. The summed E-state index contributed by atoms with van der Waals surface area (Å²) < 4.78 is 5.15. The number of hydrogen-bond donors (Lipinski definition) is 2. The fraction of sp³-hybridized carbons (Fsp3) is 0.471. The number of alkyl carbamates (subject to hydrolysis) is 1. The van der Waals surface area contributed by atoms with Gasteiger partial charge in [0.05, 0.1) is 11.6 Å². The van der Waals surface area contributed by atoms with Gasteiger partial charge in [0, 0.05) is 25.3 Å². The van der Waals surface area contributed by atoms with Gasteiger partial charge in [0.15, 0.2) is 0 Å². The summed E-state index contributed by atoms with van der Waals surface area (Å²) in [5.74, 6) is 0. The molecule has 1 atom stereocenters. The van der Waals surface area contributed by atoms with Crippen molar-refractivity contribution in [3.05, 3.63) is 29.8 Å². The third kappa shape index (κ3) is 6.57. The molecular weight excluding hydrogens is 308 g/mol. The lowest BCUT2D eigenvalue weighted by Crippen LogP contribution is -2.45. The van der Waals surface area contributed by atoms with Crippen molar-refractivity contribution < 1.29 is 14.3 Å². The summed E-state index contributed by atoms with van der Waals surface area (Å²) in [6.07, 6.45) is -0.523. The van der Waals surface area contributed by atoms with Gasteiger partial charge in [-0.15, -0.1) is 0 Å². The average molecular weight is 332 g/mol.